The lowest BCUT2D eigenvalue weighted by molar-refractivity contribution is 0.0880. The number of aromatic amines is 1. The Morgan fingerprint density at radius 2 is 1.83 bits per heavy atom. The SMILES string of the molecule is NCc1ccc2[nH]c3c4c(c5c(c3c2c1)C(=O)NC5=O)CCC4. The van der Waals surface area contributed by atoms with Gasteiger partial charge in [-0.05, 0) is 48.1 Å². The molecule has 0 atom stereocenters. The maximum atomic E-state index is 12.4. The van der Waals surface area contributed by atoms with Crippen LogP contribution in [0.1, 0.15) is 43.8 Å². The van der Waals surface area contributed by atoms with Crippen molar-refractivity contribution < 1.29 is 9.59 Å². The molecule has 114 valence electrons. The number of carbonyl (C=O) groups is 2. The van der Waals surface area contributed by atoms with Crippen molar-refractivity contribution >= 4 is 33.6 Å². The van der Waals surface area contributed by atoms with E-state index in [1.165, 1.54) is 5.56 Å². The number of fused-ring (bicyclic) bond motifs is 8. The van der Waals surface area contributed by atoms with Gasteiger partial charge in [-0.3, -0.25) is 14.9 Å². The van der Waals surface area contributed by atoms with Gasteiger partial charge in [0.1, 0.15) is 0 Å². The van der Waals surface area contributed by atoms with Gasteiger partial charge in [0, 0.05) is 22.8 Å². The van der Waals surface area contributed by atoms with Crippen LogP contribution < -0.4 is 11.1 Å². The number of nitrogens with one attached hydrogen (secondary N) is 2. The van der Waals surface area contributed by atoms with Crippen molar-refractivity contribution in [2.45, 2.75) is 25.8 Å². The number of H-pyrrole nitrogens is 1. The highest BCUT2D eigenvalue weighted by Crippen LogP contribution is 2.41. The minimum atomic E-state index is -0.288. The third kappa shape index (κ3) is 1.50. The Labute approximate surface area is 131 Å². The molecule has 2 aromatic carbocycles. The Balaban J connectivity index is 2.04. The first-order valence-electron chi connectivity index (χ1n) is 7.87. The zero-order valence-corrected chi connectivity index (χ0v) is 12.5. The predicted molar refractivity (Wildman–Crippen MR) is 87.5 cm³/mol. The van der Waals surface area contributed by atoms with Gasteiger partial charge in [0.2, 0.25) is 0 Å². The molecule has 0 unspecified atom stereocenters. The fourth-order valence-electron chi connectivity index (χ4n) is 4.13. The van der Waals surface area contributed by atoms with E-state index in [1.54, 1.807) is 0 Å². The second kappa shape index (κ2) is 4.20. The van der Waals surface area contributed by atoms with Crippen molar-refractivity contribution in [3.05, 3.63) is 46.0 Å². The molecule has 5 heteroatoms. The van der Waals surface area contributed by atoms with E-state index in [1.807, 2.05) is 18.2 Å². The highest BCUT2D eigenvalue weighted by atomic mass is 16.2. The van der Waals surface area contributed by atoms with Crippen LogP contribution in [0.2, 0.25) is 0 Å². The zero-order chi connectivity index (χ0) is 15.7. The molecular weight excluding hydrogens is 290 g/mol. The van der Waals surface area contributed by atoms with Gasteiger partial charge in [-0.25, -0.2) is 0 Å². The summed E-state index contributed by atoms with van der Waals surface area (Å²) in [4.78, 5) is 28.2. The van der Waals surface area contributed by atoms with Crippen LogP contribution in [0.15, 0.2) is 18.2 Å². The first kappa shape index (κ1) is 12.8. The monoisotopic (exact) mass is 305 g/mol. The zero-order valence-electron chi connectivity index (χ0n) is 12.5. The second-order valence-electron chi connectivity index (χ2n) is 6.30. The minimum absolute atomic E-state index is 0.255. The summed E-state index contributed by atoms with van der Waals surface area (Å²) in [6.07, 6.45) is 2.82. The van der Waals surface area contributed by atoms with Crippen molar-refractivity contribution in [1.29, 1.82) is 0 Å². The largest absolute Gasteiger partial charge is 0.354 e. The number of carbonyl (C=O) groups excluding carboxylic acids is 2. The molecule has 0 radical (unpaired) electrons. The maximum absolute atomic E-state index is 12.4. The van der Waals surface area contributed by atoms with Gasteiger partial charge in [0.05, 0.1) is 16.6 Å². The van der Waals surface area contributed by atoms with Crippen LogP contribution in [0.4, 0.5) is 0 Å². The normalized spacial score (nSPS) is 16.2. The van der Waals surface area contributed by atoms with Crippen molar-refractivity contribution in [2.75, 3.05) is 0 Å². The van der Waals surface area contributed by atoms with Gasteiger partial charge >= 0.3 is 0 Å². The van der Waals surface area contributed by atoms with Crippen molar-refractivity contribution in [2.24, 2.45) is 5.73 Å². The topological polar surface area (TPSA) is 88.0 Å². The Morgan fingerprint density at radius 1 is 1.04 bits per heavy atom. The number of aromatic nitrogens is 1. The number of aryl methyl sites for hydroxylation is 1. The highest BCUT2D eigenvalue weighted by Gasteiger charge is 2.36. The number of hydrogen-bond donors (Lipinski definition) is 3. The van der Waals surface area contributed by atoms with Gasteiger partial charge in [0.25, 0.3) is 11.8 Å². The van der Waals surface area contributed by atoms with Crippen molar-refractivity contribution in [3.63, 3.8) is 0 Å². The standard InChI is InChI=1S/C18H15N3O2/c19-7-8-4-5-12-11(6-8)13-15-14(17(22)21-18(15)23)9-2-1-3-10(9)16(13)20-12/h4-6,20H,1-3,7,19H2,(H,21,22,23). The summed E-state index contributed by atoms with van der Waals surface area (Å²) in [6.45, 7) is 0.445. The molecule has 3 aromatic rings. The van der Waals surface area contributed by atoms with Crippen LogP contribution in [-0.4, -0.2) is 16.8 Å². The molecular formula is C18H15N3O2. The average molecular weight is 305 g/mol. The van der Waals surface area contributed by atoms with E-state index in [-0.39, 0.29) is 11.8 Å². The van der Waals surface area contributed by atoms with E-state index in [0.29, 0.717) is 17.7 Å². The Morgan fingerprint density at radius 3 is 2.65 bits per heavy atom. The van der Waals surface area contributed by atoms with E-state index in [0.717, 1.165) is 52.2 Å². The van der Waals surface area contributed by atoms with Gasteiger partial charge < -0.3 is 10.7 Å². The average Bonchev–Trinajstić information content (AvgIpc) is 3.22. The molecule has 0 spiro atoms. The molecule has 1 aliphatic heterocycles. The van der Waals surface area contributed by atoms with Crippen LogP contribution >= 0.6 is 0 Å². The van der Waals surface area contributed by atoms with Crippen LogP contribution in [0.5, 0.6) is 0 Å². The summed E-state index contributed by atoms with van der Waals surface area (Å²) in [5, 5.41) is 4.31. The lowest BCUT2D eigenvalue weighted by atomic mass is 9.93. The molecule has 2 aliphatic rings. The van der Waals surface area contributed by atoms with Gasteiger partial charge in [0.15, 0.2) is 0 Å². The smallest absolute Gasteiger partial charge is 0.259 e. The fraction of sp³-hybridized carbons (Fsp3) is 0.222. The lowest BCUT2D eigenvalue weighted by Gasteiger charge is -2.07. The second-order valence-corrected chi connectivity index (χ2v) is 6.30. The number of hydrogen-bond acceptors (Lipinski definition) is 3. The molecule has 0 saturated heterocycles. The molecule has 0 fully saturated rings. The number of amides is 2. The minimum Gasteiger partial charge on any atom is -0.354 e. The molecule has 1 aromatic heterocycles. The van der Waals surface area contributed by atoms with Crippen LogP contribution in [0.25, 0.3) is 21.8 Å². The summed E-state index contributed by atoms with van der Waals surface area (Å²) < 4.78 is 0. The summed E-state index contributed by atoms with van der Waals surface area (Å²) >= 11 is 0. The summed E-state index contributed by atoms with van der Waals surface area (Å²) in [6, 6.07) is 6.01. The van der Waals surface area contributed by atoms with E-state index in [2.05, 4.69) is 10.3 Å². The van der Waals surface area contributed by atoms with Crippen molar-refractivity contribution in [1.82, 2.24) is 10.3 Å². The first-order chi connectivity index (χ1) is 11.2. The Bertz CT molecular complexity index is 1050. The third-order valence-electron chi connectivity index (χ3n) is 5.10. The fourth-order valence-corrected chi connectivity index (χ4v) is 4.13. The van der Waals surface area contributed by atoms with Crippen LogP contribution in [0.3, 0.4) is 0 Å². The first-order valence-corrected chi connectivity index (χ1v) is 7.87. The Hall–Kier alpha value is -2.66. The van der Waals surface area contributed by atoms with Crippen LogP contribution in [0, 0.1) is 0 Å². The van der Waals surface area contributed by atoms with Crippen LogP contribution in [-0.2, 0) is 19.4 Å². The lowest BCUT2D eigenvalue weighted by Crippen LogP contribution is -2.20. The van der Waals surface area contributed by atoms with Gasteiger partial charge in [-0.15, -0.1) is 0 Å². The Kier molecular flexibility index (Phi) is 2.35. The predicted octanol–water partition coefficient (Wildman–Crippen LogP) is 2.15. The molecule has 23 heavy (non-hydrogen) atoms. The quantitative estimate of drug-likeness (QED) is 0.602. The third-order valence-corrected chi connectivity index (χ3v) is 5.10. The van der Waals surface area contributed by atoms with E-state index in [9.17, 15) is 9.59 Å². The number of rotatable bonds is 1. The summed E-state index contributed by atoms with van der Waals surface area (Å²) in [5.41, 5.74) is 12.1. The summed E-state index contributed by atoms with van der Waals surface area (Å²) in [5.74, 6) is -0.543. The van der Waals surface area contributed by atoms with E-state index >= 15 is 0 Å². The molecule has 5 nitrogen and oxygen atoms in total. The number of benzene rings is 2. The van der Waals surface area contributed by atoms with Gasteiger partial charge in [-0.2, -0.15) is 0 Å². The summed E-state index contributed by atoms with van der Waals surface area (Å²) in [7, 11) is 0. The molecule has 2 amide bonds. The number of nitrogens with two attached hydrogens (primary N) is 1. The molecule has 0 bridgehead atoms. The highest BCUT2D eigenvalue weighted by molar-refractivity contribution is 6.31. The van der Waals surface area contributed by atoms with Gasteiger partial charge in [-0.1, -0.05) is 6.07 Å². The molecule has 1 aliphatic carbocycles. The molecule has 4 N–H and O–H groups in total. The van der Waals surface area contributed by atoms with E-state index < -0.39 is 0 Å². The number of imide groups is 1. The molecule has 0 saturated carbocycles. The molecule has 2 heterocycles. The van der Waals surface area contributed by atoms with Crippen molar-refractivity contribution in [3.8, 4) is 0 Å². The van der Waals surface area contributed by atoms with E-state index in [4.69, 9.17) is 5.73 Å². The molecule has 5 rings (SSSR count). The maximum Gasteiger partial charge on any atom is 0.259 e.